The highest BCUT2D eigenvalue weighted by atomic mass is 35.5. The standard InChI is InChI=1S/C21H26ClN/c1-16(2)20-5-3-4-6-21(20)18-11-13-23(14-12-18)15-17-7-9-19(22)10-8-17/h3-10,16,18H,11-15H2,1-2H3. The first-order chi connectivity index (χ1) is 11.1. The number of hydrogen-bond donors (Lipinski definition) is 0. The molecule has 23 heavy (non-hydrogen) atoms. The SMILES string of the molecule is CC(C)c1ccccc1C1CCN(Cc2ccc(Cl)cc2)CC1. The molecule has 0 unspecified atom stereocenters. The zero-order valence-corrected chi connectivity index (χ0v) is 14.9. The van der Waals surface area contributed by atoms with Crippen LogP contribution in [-0.4, -0.2) is 18.0 Å². The maximum atomic E-state index is 5.97. The zero-order valence-electron chi connectivity index (χ0n) is 14.1. The van der Waals surface area contributed by atoms with Crippen LogP contribution in [0.15, 0.2) is 48.5 Å². The van der Waals surface area contributed by atoms with Crippen molar-refractivity contribution in [1.82, 2.24) is 4.90 Å². The number of halogens is 1. The number of rotatable bonds is 4. The predicted molar refractivity (Wildman–Crippen MR) is 99.2 cm³/mol. The highest BCUT2D eigenvalue weighted by molar-refractivity contribution is 6.30. The van der Waals surface area contributed by atoms with Gasteiger partial charge >= 0.3 is 0 Å². The minimum absolute atomic E-state index is 0.610. The van der Waals surface area contributed by atoms with Gasteiger partial charge in [-0.05, 0) is 66.6 Å². The number of likely N-dealkylation sites (tertiary alicyclic amines) is 1. The monoisotopic (exact) mass is 327 g/mol. The summed E-state index contributed by atoms with van der Waals surface area (Å²) in [6, 6.07) is 17.3. The Morgan fingerprint density at radius 3 is 2.30 bits per heavy atom. The summed E-state index contributed by atoms with van der Waals surface area (Å²) >= 11 is 5.97. The summed E-state index contributed by atoms with van der Waals surface area (Å²) in [4.78, 5) is 2.57. The molecule has 1 nitrogen and oxygen atoms in total. The van der Waals surface area contributed by atoms with Gasteiger partial charge in [-0.2, -0.15) is 0 Å². The van der Waals surface area contributed by atoms with Crippen molar-refractivity contribution >= 4 is 11.6 Å². The Kier molecular flexibility index (Phi) is 5.40. The fourth-order valence-corrected chi connectivity index (χ4v) is 3.78. The normalized spacial score (nSPS) is 16.9. The van der Waals surface area contributed by atoms with E-state index in [2.05, 4.69) is 55.1 Å². The molecule has 0 spiro atoms. The van der Waals surface area contributed by atoms with E-state index in [9.17, 15) is 0 Å². The van der Waals surface area contributed by atoms with Crippen LogP contribution in [0.3, 0.4) is 0 Å². The molecule has 1 fully saturated rings. The van der Waals surface area contributed by atoms with Crippen LogP contribution in [0.2, 0.25) is 5.02 Å². The smallest absolute Gasteiger partial charge is 0.0406 e. The van der Waals surface area contributed by atoms with E-state index < -0.39 is 0 Å². The van der Waals surface area contributed by atoms with Crippen molar-refractivity contribution in [2.75, 3.05) is 13.1 Å². The van der Waals surface area contributed by atoms with E-state index in [1.807, 2.05) is 12.1 Å². The summed E-state index contributed by atoms with van der Waals surface area (Å²) in [5, 5.41) is 0.817. The summed E-state index contributed by atoms with van der Waals surface area (Å²) in [5.41, 5.74) is 4.47. The first-order valence-corrected chi connectivity index (χ1v) is 9.07. The van der Waals surface area contributed by atoms with Crippen molar-refractivity contribution in [1.29, 1.82) is 0 Å². The molecule has 0 radical (unpaired) electrons. The molecular formula is C21H26ClN. The van der Waals surface area contributed by atoms with Gasteiger partial charge in [-0.25, -0.2) is 0 Å². The molecule has 0 aliphatic carbocycles. The summed E-state index contributed by atoms with van der Waals surface area (Å²) in [7, 11) is 0. The summed E-state index contributed by atoms with van der Waals surface area (Å²) in [6.07, 6.45) is 2.52. The van der Waals surface area contributed by atoms with E-state index in [4.69, 9.17) is 11.6 Å². The first-order valence-electron chi connectivity index (χ1n) is 8.69. The molecule has 3 rings (SSSR count). The van der Waals surface area contributed by atoms with Crippen LogP contribution in [0.5, 0.6) is 0 Å². The zero-order chi connectivity index (χ0) is 16.2. The van der Waals surface area contributed by atoms with E-state index in [1.165, 1.54) is 37.1 Å². The second-order valence-electron chi connectivity index (χ2n) is 6.96. The van der Waals surface area contributed by atoms with Crippen molar-refractivity contribution in [2.24, 2.45) is 0 Å². The van der Waals surface area contributed by atoms with Crippen molar-refractivity contribution in [2.45, 2.75) is 45.1 Å². The molecule has 0 bridgehead atoms. The Bertz CT molecular complexity index is 625. The molecule has 122 valence electrons. The molecule has 0 amide bonds. The molecule has 0 atom stereocenters. The molecule has 0 aromatic heterocycles. The second kappa shape index (κ2) is 7.51. The van der Waals surface area contributed by atoms with Crippen LogP contribution in [0.1, 0.15) is 55.2 Å². The molecule has 2 heteroatoms. The maximum Gasteiger partial charge on any atom is 0.0406 e. The Morgan fingerprint density at radius 1 is 1.00 bits per heavy atom. The molecular weight excluding hydrogens is 302 g/mol. The lowest BCUT2D eigenvalue weighted by atomic mass is 9.83. The van der Waals surface area contributed by atoms with Gasteiger partial charge in [-0.1, -0.05) is 61.8 Å². The quantitative estimate of drug-likeness (QED) is 0.681. The van der Waals surface area contributed by atoms with Crippen LogP contribution in [0.4, 0.5) is 0 Å². The molecule has 2 aromatic carbocycles. The molecule has 1 aliphatic rings. The van der Waals surface area contributed by atoms with Crippen LogP contribution < -0.4 is 0 Å². The van der Waals surface area contributed by atoms with Gasteiger partial charge in [-0.3, -0.25) is 4.90 Å². The number of hydrogen-bond acceptors (Lipinski definition) is 1. The van der Waals surface area contributed by atoms with Gasteiger partial charge in [0.2, 0.25) is 0 Å². The molecule has 1 saturated heterocycles. The minimum atomic E-state index is 0.610. The van der Waals surface area contributed by atoms with E-state index in [-0.39, 0.29) is 0 Å². The minimum Gasteiger partial charge on any atom is -0.299 e. The Morgan fingerprint density at radius 2 is 1.65 bits per heavy atom. The predicted octanol–water partition coefficient (Wildman–Crippen LogP) is 5.84. The van der Waals surface area contributed by atoms with Crippen molar-refractivity contribution in [3.8, 4) is 0 Å². The summed E-state index contributed by atoms with van der Waals surface area (Å²) < 4.78 is 0. The fourth-order valence-electron chi connectivity index (χ4n) is 3.66. The lowest BCUT2D eigenvalue weighted by molar-refractivity contribution is 0.204. The third-order valence-corrected chi connectivity index (χ3v) is 5.22. The molecule has 0 saturated carbocycles. The molecule has 0 N–H and O–H groups in total. The van der Waals surface area contributed by atoms with Crippen molar-refractivity contribution < 1.29 is 0 Å². The van der Waals surface area contributed by atoms with Gasteiger partial charge in [0.1, 0.15) is 0 Å². The Labute approximate surface area is 145 Å². The third-order valence-electron chi connectivity index (χ3n) is 4.96. The topological polar surface area (TPSA) is 3.24 Å². The third kappa shape index (κ3) is 4.16. The van der Waals surface area contributed by atoms with Gasteiger partial charge in [-0.15, -0.1) is 0 Å². The van der Waals surface area contributed by atoms with E-state index >= 15 is 0 Å². The average molecular weight is 328 g/mol. The van der Waals surface area contributed by atoms with Gasteiger partial charge in [0, 0.05) is 11.6 Å². The molecule has 1 aliphatic heterocycles. The van der Waals surface area contributed by atoms with E-state index in [0.717, 1.165) is 17.5 Å². The molecule has 2 aromatic rings. The Hall–Kier alpha value is -1.31. The van der Waals surface area contributed by atoms with E-state index in [1.54, 1.807) is 5.56 Å². The van der Waals surface area contributed by atoms with E-state index in [0.29, 0.717) is 5.92 Å². The highest BCUT2D eigenvalue weighted by Gasteiger charge is 2.22. The van der Waals surface area contributed by atoms with Gasteiger partial charge in [0.25, 0.3) is 0 Å². The van der Waals surface area contributed by atoms with Crippen LogP contribution >= 0.6 is 11.6 Å². The van der Waals surface area contributed by atoms with Crippen LogP contribution in [0, 0.1) is 0 Å². The van der Waals surface area contributed by atoms with Crippen LogP contribution in [0.25, 0.3) is 0 Å². The average Bonchev–Trinajstić information content (AvgIpc) is 2.58. The summed E-state index contributed by atoms with van der Waals surface area (Å²) in [6.45, 7) is 8.00. The lowest BCUT2D eigenvalue weighted by Crippen LogP contribution is -2.32. The number of piperidine rings is 1. The largest absolute Gasteiger partial charge is 0.299 e. The van der Waals surface area contributed by atoms with Gasteiger partial charge in [0.05, 0.1) is 0 Å². The first kappa shape index (κ1) is 16.5. The second-order valence-corrected chi connectivity index (χ2v) is 7.40. The van der Waals surface area contributed by atoms with Gasteiger partial charge in [0.15, 0.2) is 0 Å². The maximum absolute atomic E-state index is 5.97. The van der Waals surface area contributed by atoms with Crippen molar-refractivity contribution in [3.05, 3.63) is 70.2 Å². The highest BCUT2D eigenvalue weighted by Crippen LogP contribution is 2.33. The fraction of sp³-hybridized carbons (Fsp3) is 0.429. The van der Waals surface area contributed by atoms with Crippen LogP contribution in [-0.2, 0) is 6.54 Å². The van der Waals surface area contributed by atoms with Crippen molar-refractivity contribution in [3.63, 3.8) is 0 Å². The Balaban J connectivity index is 1.61. The molecule has 1 heterocycles. The summed E-state index contributed by atoms with van der Waals surface area (Å²) in [5.74, 6) is 1.33. The lowest BCUT2D eigenvalue weighted by Gasteiger charge is -2.33. The van der Waals surface area contributed by atoms with Gasteiger partial charge < -0.3 is 0 Å². The number of nitrogens with zero attached hydrogens (tertiary/aromatic N) is 1. The number of benzene rings is 2.